The van der Waals surface area contributed by atoms with Crippen LogP contribution in [0.5, 0.6) is 0 Å². The van der Waals surface area contributed by atoms with Crippen LogP contribution in [0, 0.1) is 11.8 Å². The lowest BCUT2D eigenvalue weighted by Gasteiger charge is -2.23. The average Bonchev–Trinajstić information content (AvgIpc) is 3.13. The first-order valence-corrected chi connectivity index (χ1v) is 9.04. The SMILES string of the molecule is O=C(NCC1CCOCC1)[C@@H]1C[C@@H]2[C@@H](CCN2CC2CC2)O1. The van der Waals surface area contributed by atoms with Crippen molar-refractivity contribution in [1.29, 1.82) is 0 Å². The van der Waals surface area contributed by atoms with Gasteiger partial charge in [0.15, 0.2) is 0 Å². The molecule has 124 valence electrons. The minimum Gasteiger partial charge on any atom is -0.381 e. The van der Waals surface area contributed by atoms with Crippen molar-refractivity contribution in [3.05, 3.63) is 0 Å². The number of hydrogen-bond acceptors (Lipinski definition) is 4. The third-order valence-corrected chi connectivity index (χ3v) is 5.78. The molecule has 3 heterocycles. The molecule has 3 atom stereocenters. The number of fused-ring (bicyclic) bond motifs is 1. The van der Waals surface area contributed by atoms with Crippen molar-refractivity contribution in [2.75, 3.05) is 32.8 Å². The van der Waals surface area contributed by atoms with Crippen LogP contribution < -0.4 is 5.32 Å². The maximum absolute atomic E-state index is 12.4. The molecule has 4 fully saturated rings. The molecule has 4 aliphatic rings. The van der Waals surface area contributed by atoms with E-state index in [2.05, 4.69) is 10.2 Å². The van der Waals surface area contributed by atoms with Gasteiger partial charge in [0.25, 0.3) is 0 Å². The van der Waals surface area contributed by atoms with E-state index in [1.165, 1.54) is 19.4 Å². The summed E-state index contributed by atoms with van der Waals surface area (Å²) in [7, 11) is 0. The quantitative estimate of drug-likeness (QED) is 0.828. The summed E-state index contributed by atoms with van der Waals surface area (Å²) < 4.78 is 11.4. The number of nitrogens with zero attached hydrogens (tertiary/aromatic N) is 1. The number of likely N-dealkylation sites (tertiary alicyclic amines) is 1. The van der Waals surface area contributed by atoms with Crippen LogP contribution in [0.25, 0.3) is 0 Å². The zero-order chi connectivity index (χ0) is 14.9. The van der Waals surface area contributed by atoms with Crippen LogP contribution in [0.3, 0.4) is 0 Å². The summed E-state index contributed by atoms with van der Waals surface area (Å²) in [5.41, 5.74) is 0. The zero-order valence-corrected chi connectivity index (χ0v) is 13.3. The van der Waals surface area contributed by atoms with Crippen LogP contribution in [0.15, 0.2) is 0 Å². The van der Waals surface area contributed by atoms with Crippen molar-refractivity contribution >= 4 is 5.91 Å². The van der Waals surface area contributed by atoms with E-state index in [0.29, 0.717) is 12.0 Å². The summed E-state index contributed by atoms with van der Waals surface area (Å²) in [6, 6.07) is 0.486. The zero-order valence-electron chi connectivity index (χ0n) is 13.3. The topological polar surface area (TPSA) is 50.8 Å². The summed E-state index contributed by atoms with van der Waals surface area (Å²) in [5, 5.41) is 3.11. The normalized spacial score (nSPS) is 36.5. The fourth-order valence-corrected chi connectivity index (χ4v) is 4.17. The predicted octanol–water partition coefficient (Wildman–Crippen LogP) is 1.17. The van der Waals surface area contributed by atoms with E-state index in [4.69, 9.17) is 9.47 Å². The van der Waals surface area contributed by atoms with Crippen LogP contribution in [-0.2, 0) is 14.3 Å². The summed E-state index contributed by atoms with van der Waals surface area (Å²) in [5.74, 6) is 1.59. The molecule has 1 saturated carbocycles. The number of amides is 1. The Balaban J connectivity index is 1.24. The van der Waals surface area contributed by atoms with Gasteiger partial charge in [-0.2, -0.15) is 0 Å². The highest BCUT2D eigenvalue weighted by Crippen LogP contribution is 2.37. The number of rotatable bonds is 5. The first-order chi connectivity index (χ1) is 10.8. The van der Waals surface area contributed by atoms with E-state index in [1.54, 1.807) is 0 Å². The summed E-state index contributed by atoms with van der Waals surface area (Å²) >= 11 is 0. The molecule has 0 aromatic carbocycles. The van der Waals surface area contributed by atoms with Crippen molar-refractivity contribution in [3.63, 3.8) is 0 Å². The molecule has 0 spiro atoms. The van der Waals surface area contributed by atoms with Gasteiger partial charge in [-0.05, 0) is 43.9 Å². The van der Waals surface area contributed by atoms with Crippen LogP contribution in [0.2, 0.25) is 0 Å². The van der Waals surface area contributed by atoms with Crippen molar-refractivity contribution in [3.8, 4) is 0 Å². The van der Waals surface area contributed by atoms with E-state index in [0.717, 1.165) is 57.9 Å². The second kappa shape index (κ2) is 6.46. The Morgan fingerprint density at radius 1 is 1.09 bits per heavy atom. The average molecular weight is 308 g/mol. The molecule has 0 bridgehead atoms. The largest absolute Gasteiger partial charge is 0.381 e. The summed E-state index contributed by atoms with van der Waals surface area (Å²) in [6.45, 7) is 4.83. The maximum Gasteiger partial charge on any atom is 0.249 e. The second-order valence-electron chi connectivity index (χ2n) is 7.49. The fourth-order valence-electron chi connectivity index (χ4n) is 4.17. The minimum atomic E-state index is -0.225. The Labute approximate surface area is 132 Å². The lowest BCUT2D eigenvalue weighted by molar-refractivity contribution is -0.132. The highest BCUT2D eigenvalue weighted by molar-refractivity contribution is 5.81. The maximum atomic E-state index is 12.4. The summed E-state index contributed by atoms with van der Waals surface area (Å²) in [4.78, 5) is 15.0. The number of nitrogens with one attached hydrogen (secondary N) is 1. The van der Waals surface area contributed by atoms with Crippen molar-refractivity contribution < 1.29 is 14.3 Å². The molecule has 1 aliphatic carbocycles. The van der Waals surface area contributed by atoms with E-state index < -0.39 is 0 Å². The number of carbonyl (C=O) groups excluding carboxylic acids is 1. The van der Waals surface area contributed by atoms with Crippen molar-refractivity contribution in [2.24, 2.45) is 11.8 Å². The van der Waals surface area contributed by atoms with Gasteiger partial charge in [0.05, 0.1) is 6.10 Å². The van der Waals surface area contributed by atoms with Gasteiger partial charge in [-0.15, -0.1) is 0 Å². The number of ether oxygens (including phenoxy) is 2. The Morgan fingerprint density at radius 3 is 2.68 bits per heavy atom. The molecule has 1 amide bonds. The standard InChI is InChI=1S/C17H28N2O3/c20-17(18-10-12-4-7-21-8-5-12)16-9-14-15(22-16)3-6-19(14)11-13-1-2-13/h12-16H,1-11H2,(H,18,20)/t14-,15-,16+/m1/s1. The molecular weight excluding hydrogens is 280 g/mol. The van der Waals surface area contributed by atoms with Gasteiger partial charge in [-0.3, -0.25) is 9.69 Å². The van der Waals surface area contributed by atoms with Crippen LogP contribution in [-0.4, -0.2) is 61.9 Å². The Bertz CT molecular complexity index is 407. The molecule has 22 heavy (non-hydrogen) atoms. The minimum absolute atomic E-state index is 0.104. The Morgan fingerprint density at radius 2 is 1.91 bits per heavy atom. The predicted molar refractivity (Wildman–Crippen MR) is 82.5 cm³/mol. The van der Waals surface area contributed by atoms with Gasteiger partial charge in [-0.25, -0.2) is 0 Å². The molecule has 1 N–H and O–H groups in total. The van der Waals surface area contributed by atoms with Crippen LogP contribution in [0.1, 0.15) is 38.5 Å². The van der Waals surface area contributed by atoms with Gasteiger partial charge in [-0.1, -0.05) is 0 Å². The molecule has 0 aromatic heterocycles. The molecular formula is C17H28N2O3. The molecule has 5 heteroatoms. The van der Waals surface area contributed by atoms with Crippen molar-refractivity contribution in [2.45, 2.75) is 56.8 Å². The molecule has 4 rings (SSSR count). The molecule has 0 radical (unpaired) electrons. The van der Waals surface area contributed by atoms with E-state index in [-0.39, 0.29) is 18.1 Å². The van der Waals surface area contributed by atoms with Crippen LogP contribution in [0.4, 0.5) is 0 Å². The van der Waals surface area contributed by atoms with Gasteiger partial charge < -0.3 is 14.8 Å². The molecule has 5 nitrogen and oxygen atoms in total. The Kier molecular flexibility index (Phi) is 4.38. The van der Waals surface area contributed by atoms with E-state index in [1.807, 2.05) is 0 Å². The fraction of sp³-hybridized carbons (Fsp3) is 0.941. The molecule has 3 saturated heterocycles. The van der Waals surface area contributed by atoms with E-state index in [9.17, 15) is 4.79 Å². The highest BCUT2D eigenvalue weighted by Gasteiger charge is 2.46. The van der Waals surface area contributed by atoms with Crippen LogP contribution >= 0.6 is 0 Å². The highest BCUT2D eigenvalue weighted by atomic mass is 16.5. The van der Waals surface area contributed by atoms with Crippen molar-refractivity contribution in [1.82, 2.24) is 10.2 Å². The molecule has 3 aliphatic heterocycles. The Hall–Kier alpha value is -0.650. The molecule has 0 aromatic rings. The second-order valence-corrected chi connectivity index (χ2v) is 7.49. The number of hydrogen-bond donors (Lipinski definition) is 1. The third kappa shape index (κ3) is 3.31. The summed E-state index contributed by atoms with van der Waals surface area (Å²) in [6.07, 6.45) is 6.96. The lowest BCUT2D eigenvalue weighted by atomic mass is 10.0. The van der Waals surface area contributed by atoms with Gasteiger partial charge in [0, 0.05) is 45.3 Å². The van der Waals surface area contributed by atoms with Gasteiger partial charge in [0.1, 0.15) is 6.10 Å². The number of carbonyl (C=O) groups is 1. The smallest absolute Gasteiger partial charge is 0.249 e. The molecule has 0 unspecified atom stereocenters. The van der Waals surface area contributed by atoms with Gasteiger partial charge >= 0.3 is 0 Å². The first kappa shape index (κ1) is 14.9. The van der Waals surface area contributed by atoms with E-state index >= 15 is 0 Å². The first-order valence-electron chi connectivity index (χ1n) is 9.04. The monoisotopic (exact) mass is 308 g/mol. The third-order valence-electron chi connectivity index (χ3n) is 5.78. The lowest BCUT2D eigenvalue weighted by Crippen LogP contribution is -2.39. The van der Waals surface area contributed by atoms with Gasteiger partial charge in [0.2, 0.25) is 5.91 Å².